The summed E-state index contributed by atoms with van der Waals surface area (Å²) in [7, 11) is 0. The minimum absolute atomic E-state index is 0.544. The fourth-order valence-corrected chi connectivity index (χ4v) is 5.21. The van der Waals surface area contributed by atoms with Crippen LogP contribution in [-0.2, 0) is 0 Å². The van der Waals surface area contributed by atoms with E-state index in [2.05, 4.69) is 0 Å². The second kappa shape index (κ2) is 5.86. The van der Waals surface area contributed by atoms with Gasteiger partial charge in [-0.1, -0.05) is 12.1 Å². The molecule has 0 bridgehead atoms. The van der Waals surface area contributed by atoms with E-state index in [1.165, 1.54) is 0 Å². The lowest BCUT2D eigenvalue weighted by Crippen LogP contribution is -2.15. The molecule has 4 heterocycles. The third kappa shape index (κ3) is 2.42. The molecule has 0 amide bonds. The maximum atomic E-state index is 5.97. The Labute approximate surface area is 152 Å². The summed E-state index contributed by atoms with van der Waals surface area (Å²) < 4.78 is 23.4. The van der Waals surface area contributed by atoms with Gasteiger partial charge in [0.2, 0.25) is 0 Å². The number of hydrogen-bond acceptors (Lipinski definition) is 7. The van der Waals surface area contributed by atoms with Crippen molar-refractivity contribution in [2.45, 2.75) is 0 Å². The molecule has 0 atom stereocenters. The quantitative estimate of drug-likeness (QED) is 0.680. The number of benzene rings is 1. The fraction of sp³-hybridized carbons (Fsp3) is 0.222. The lowest BCUT2D eigenvalue weighted by atomic mass is 10.1. The zero-order valence-corrected chi connectivity index (χ0v) is 14.9. The average Bonchev–Trinajstić information content (AvgIpc) is 3.24. The third-order valence-electron chi connectivity index (χ3n) is 4.08. The van der Waals surface area contributed by atoms with Crippen molar-refractivity contribution in [2.75, 3.05) is 32.2 Å². The molecule has 0 saturated carbocycles. The Morgan fingerprint density at radius 1 is 0.720 bits per heavy atom. The molecule has 5 rings (SSSR count). The molecule has 2 aromatic heterocycles. The van der Waals surface area contributed by atoms with Crippen LogP contribution in [0.15, 0.2) is 29.6 Å². The predicted octanol–water partition coefficient (Wildman–Crippen LogP) is 4.27. The van der Waals surface area contributed by atoms with Gasteiger partial charge in [-0.25, -0.2) is 0 Å². The molecular weight excluding hydrogens is 358 g/mol. The van der Waals surface area contributed by atoms with E-state index in [0.29, 0.717) is 26.4 Å². The van der Waals surface area contributed by atoms with Crippen molar-refractivity contribution < 1.29 is 18.9 Å². The molecule has 2 N–H and O–H groups in total. The Morgan fingerprint density at radius 3 is 2.12 bits per heavy atom. The van der Waals surface area contributed by atoms with Gasteiger partial charge in [0.25, 0.3) is 0 Å². The molecule has 0 aliphatic carbocycles. The van der Waals surface area contributed by atoms with Crippen LogP contribution in [0.1, 0.15) is 0 Å². The van der Waals surface area contributed by atoms with Crippen molar-refractivity contribution in [3.8, 4) is 43.2 Å². The summed E-state index contributed by atoms with van der Waals surface area (Å²) in [6, 6.07) is 7.81. The van der Waals surface area contributed by atoms with Crippen LogP contribution in [-0.4, -0.2) is 26.4 Å². The van der Waals surface area contributed by atoms with Crippen molar-refractivity contribution in [3.05, 3.63) is 29.6 Å². The number of rotatable bonds is 2. The van der Waals surface area contributed by atoms with Gasteiger partial charge in [-0.2, -0.15) is 0 Å². The number of nitrogens with two attached hydrogens (primary N) is 1. The Hall–Kier alpha value is -2.38. The van der Waals surface area contributed by atoms with Gasteiger partial charge in [0.15, 0.2) is 23.0 Å². The summed E-state index contributed by atoms with van der Waals surface area (Å²) in [6.45, 7) is 2.24. The Balaban J connectivity index is 1.68. The number of nitrogen functional groups attached to an aromatic ring is 1. The highest BCUT2D eigenvalue weighted by Crippen LogP contribution is 2.58. The summed E-state index contributed by atoms with van der Waals surface area (Å²) in [5.74, 6) is 3.20. The van der Waals surface area contributed by atoms with Crippen LogP contribution in [0.3, 0.4) is 0 Å². The van der Waals surface area contributed by atoms with Crippen molar-refractivity contribution >= 4 is 28.4 Å². The van der Waals surface area contributed by atoms with Crippen LogP contribution in [0.5, 0.6) is 23.0 Å². The highest BCUT2D eigenvalue weighted by Gasteiger charge is 2.30. The number of fused-ring (bicyclic) bond motifs is 2. The first-order valence-corrected chi connectivity index (χ1v) is 9.66. The van der Waals surface area contributed by atoms with Crippen molar-refractivity contribution in [2.24, 2.45) is 0 Å². The molecule has 128 valence electrons. The smallest absolute Gasteiger partial charge is 0.181 e. The summed E-state index contributed by atoms with van der Waals surface area (Å²) in [5.41, 5.74) is 7.62. The van der Waals surface area contributed by atoms with Gasteiger partial charge in [0.1, 0.15) is 26.4 Å². The van der Waals surface area contributed by atoms with E-state index >= 15 is 0 Å². The van der Waals surface area contributed by atoms with Crippen LogP contribution in [0.2, 0.25) is 0 Å². The van der Waals surface area contributed by atoms with Gasteiger partial charge in [-0.15, -0.1) is 22.7 Å². The molecule has 0 radical (unpaired) electrons. The van der Waals surface area contributed by atoms with Crippen molar-refractivity contribution in [3.63, 3.8) is 0 Å². The monoisotopic (exact) mass is 373 g/mol. The molecule has 2 aliphatic rings. The van der Waals surface area contributed by atoms with E-state index in [0.717, 1.165) is 48.9 Å². The molecule has 7 heteroatoms. The van der Waals surface area contributed by atoms with Gasteiger partial charge in [0, 0.05) is 11.1 Å². The molecule has 5 nitrogen and oxygen atoms in total. The summed E-state index contributed by atoms with van der Waals surface area (Å²) in [4.78, 5) is 3.10. The van der Waals surface area contributed by atoms with Crippen LogP contribution >= 0.6 is 22.7 Å². The van der Waals surface area contributed by atoms with Crippen LogP contribution in [0.25, 0.3) is 20.2 Å². The van der Waals surface area contributed by atoms with E-state index in [9.17, 15) is 0 Å². The largest absolute Gasteiger partial charge is 0.485 e. The standard InChI is InChI=1S/C18H15NO4S2/c19-11-3-1-10(2-4-11)16-14-15(23-8-7-22-14)18(25-16)17-13-12(9-24-17)20-5-6-21-13/h1-4,9H,5-8,19H2. The highest BCUT2D eigenvalue weighted by molar-refractivity contribution is 7.24. The van der Waals surface area contributed by atoms with Gasteiger partial charge >= 0.3 is 0 Å². The predicted molar refractivity (Wildman–Crippen MR) is 99.5 cm³/mol. The molecule has 0 unspecified atom stereocenters. The molecule has 2 aliphatic heterocycles. The first-order chi connectivity index (χ1) is 12.3. The van der Waals surface area contributed by atoms with Gasteiger partial charge in [0.05, 0.1) is 14.6 Å². The third-order valence-corrected chi connectivity index (χ3v) is 6.38. The molecular formula is C18H15NO4S2. The van der Waals surface area contributed by atoms with Gasteiger partial charge in [-0.3, -0.25) is 0 Å². The maximum Gasteiger partial charge on any atom is 0.181 e. The number of ether oxygens (including phenoxy) is 4. The van der Waals surface area contributed by atoms with E-state index in [1.54, 1.807) is 22.7 Å². The molecule has 1 aromatic carbocycles. The molecule has 3 aromatic rings. The molecule has 0 fully saturated rings. The minimum atomic E-state index is 0.544. The Morgan fingerprint density at radius 2 is 1.36 bits per heavy atom. The normalized spacial score (nSPS) is 15.2. The van der Waals surface area contributed by atoms with E-state index in [4.69, 9.17) is 24.7 Å². The Bertz CT molecular complexity index is 929. The molecule has 25 heavy (non-hydrogen) atoms. The van der Waals surface area contributed by atoms with Crippen LogP contribution in [0, 0.1) is 0 Å². The lowest BCUT2D eigenvalue weighted by molar-refractivity contribution is 0.172. The van der Waals surface area contributed by atoms with Crippen LogP contribution < -0.4 is 24.7 Å². The SMILES string of the molecule is Nc1ccc(-c2sc(-c3scc4c3OCCO4)c3c2OCCO3)cc1. The summed E-state index contributed by atoms with van der Waals surface area (Å²) in [6.07, 6.45) is 0. The second-order valence-corrected chi connectivity index (χ2v) is 7.59. The van der Waals surface area contributed by atoms with E-state index in [1.807, 2.05) is 29.6 Å². The zero-order valence-electron chi connectivity index (χ0n) is 13.2. The van der Waals surface area contributed by atoms with E-state index in [-0.39, 0.29) is 0 Å². The second-order valence-electron chi connectivity index (χ2n) is 5.69. The topological polar surface area (TPSA) is 62.9 Å². The van der Waals surface area contributed by atoms with Crippen molar-refractivity contribution in [1.29, 1.82) is 0 Å². The maximum absolute atomic E-state index is 5.97. The Kier molecular flexibility index (Phi) is 3.50. The van der Waals surface area contributed by atoms with E-state index < -0.39 is 0 Å². The summed E-state index contributed by atoms with van der Waals surface area (Å²) >= 11 is 3.26. The lowest BCUT2D eigenvalue weighted by Gasteiger charge is -2.18. The molecule has 0 spiro atoms. The number of anilines is 1. The van der Waals surface area contributed by atoms with Crippen molar-refractivity contribution in [1.82, 2.24) is 0 Å². The highest BCUT2D eigenvalue weighted by atomic mass is 32.1. The average molecular weight is 373 g/mol. The first-order valence-electron chi connectivity index (χ1n) is 7.97. The number of hydrogen-bond donors (Lipinski definition) is 1. The number of thiophene rings is 2. The molecule has 0 saturated heterocycles. The zero-order chi connectivity index (χ0) is 16.8. The minimum Gasteiger partial charge on any atom is -0.485 e. The van der Waals surface area contributed by atoms with Crippen LogP contribution in [0.4, 0.5) is 5.69 Å². The summed E-state index contributed by atoms with van der Waals surface area (Å²) in [5, 5.41) is 1.99. The fourth-order valence-electron chi connectivity index (χ4n) is 2.94. The van der Waals surface area contributed by atoms with Gasteiger partial charge < -0.3 is 24.7 Å². The van der Waals surface area contributed by atoms with Gasteiger partial charge in [-0.05, 0) is 17.7 Å². The first kappa shape index (κ1) is 14.9.